The molecule has 0 radical (unpaired) electrons. The number of hydrogen-bond acceptors (Lipinski definition) is 4. The largest absolute Gasteiger partial charge is 0.315 e. The maximum atomic E-state index is 11.8. The topological polar surface area (TPSA) is 34.9 Å². The molecule has 0 saturated carbocycles. The Bertz CT molecular complexity index is 608. The van der Waals surface area contributed by atoms with Crippen molar-refractivity contribution in [3.05, 3.63) is 34.6 Å². The molecule has 0 aliphatic carbocycles. The molecule has 3 nitrogen and oxygen atoms in total. The highest BCUT2D eigenvalue weighted by Gasteiger charge is 2.24. The van der Waals surface area contributed by atoms with Crippen molar-refractivity contribution in [3.8, 4) is 0 Å². The molecular formula is C11H10N2OS2. The number of fused-ring (bicyclic) bond motifs is 3. The van der Waals surface area contributed by atoms with Gasteiger partial charge in [-0.05, 0) is 12.1 Å². The van der Waals surface area contributed by atoms with Crippen LogP contribution in [0.4, 0.5) is 0 Å². The van der Waals surface area contributed by atoms with Gasteiger partial charge < -0.3 is 4.57 Å². The molecule has 0 spiro atoms. The second kappa shape index (κ2) is 3.82. The molecule has 0 N–H and O–H groups in total. The van der Waals surface area contributed by atoms with Gasteiger partial charge in [-0.25, -0.2) is 0 Å². The van der Waals surface area contributed by atoms with Crippen LogP contribution in [0.2, 0.25) is 0 Å². The summed E-state index contributed by atoms with van der Waals surface area (Å²) in [4.78, 5) is 15.9. The molecule has 1 aliphatic heterocycles. The second-order valence-corrected chi connectivity index (χ2v) is 5.09. The molecule has 1 unspecified atom stereocenters. The quantitative estimate of drug-likeness (QED) is 0.621. The molecule has 0 amide bonds. The molecule has 1 aliphatic rings. The summed E-state index contributed by atoms with van der Waals surface area (Å²) in [6, 6.07) is 7.96. The average molecular weight is 250 g/mol. The van der Waals surface area contributed by atoms with Gasteiger partial charge in [-0.1, -0.05) is 23.9 Å². The lowest BCUT2D eigenvalue weighted by molar-refractivity contribution is 0.593. The van der Waals surface area contributed by atoms with Crippen LogP contribution in [0.1, 0.15) is 6.04 Å². The van der Waals surface area contributed by atoms with Crippen molar-refractivity contribution in [1.82, 2.24) is 9.55 Å². The maximum absolute atomic E-state index is 11.8. The van der Waals surface area contributed by atoms with E-state index in [1.165, 1.54) is 0 Å². The molecule has 0 saturated heterocycles. The zero-order valence-electron chi connectivity index (χ0n) is 8.46. The van der Waals surface area contributed by atoms with Crippen molar-refractivity contribution in [2.24, 2.45) is 0 Å². The van der Waals surface area contributed by atoms with Crippen molar-refractivity contribution in [2.45, 2.75) is 11.2 Å². The van der Waals surface area contributed by atoms with Gasteiger partial charge in [0.05, 0.1) is 16.9 Å². The Morgan fingerprint density at radius 2 is 2.31 bits per heavy atom. The third kappa shape index (κ3) is 1.38. The van der Waals surface area contributed by atoms with Gasteiger partial charge in [-0.15, -0.1) is 0 Å². The fraction of sp³-hybridized carbons (Fsp3) is 0.273. The van der Waals surface area contributed by atoms with E-state index in [4.69, 9.17) is 0 Å². The van der Waals surface area contributed by atoms with Gasteiger partial charge in [0.15, 0.2) is 5.16 Å². The number of benzene rings is 1. The zero-order valence-corrected chi connectivity index (χ0v) is 10.2. The molecule has 0 bridgehead atoms. The lowest BCUT2D eigenvalue weighted by atomic mass is 10.2. The van der Waals surface area contributed by atoms with Gasteiger partial charge >= 0.3 is 0 Å². The third-order valence-corrected chi connectivity index (χ3v) is 4.30. The molecule has 2 aromatic rings. The van der Waals surface area contributed by atoms with Crippen LogP contribution in [-0.2, 0) is 0 Å². The minimum Gasteiger partial charge on any atom is -0.315 e. The molecule has 1 aromatic carbocycles. The van der Waals surface area contributed by atoms with E-state index < -0.39 is 0 Å². The summed E-state index contributed by atoms with van der Waals surface area (Å²) < 4.78 is 2.13. The van der Waals surface area contributed by atoms with Gasteiger partial charge in [0.2, 0.25) is 0 Å². The average Bonchev–Trinajstić information content (AvgIpc) is 2.72. The molecule has 0 fully saturated rings. The maximum Gasteiger partial charge on any atom is 0.281 e. The Balaban J connectivity index is 2.42. The van der Waals surface area contributed by atoms with Crippen LogP contribution in [0.15, 0.2) is 34.2 Å². The molecular weight excluding hydrogens is 240 g/mol. The highest BCUT2D eigenvalue weighted by atomic mass is 32.2. The smallest absolute Gasteiger partial charge is 0.281 e. The minimum absolute atomic E-state index is 0.130. The Morgan fingerprint density at radius 1 is 1.50 bits per heavy atom. The zero-order chi connectivity index (χ0) is 11.1. The summed E-state index contributed by atoms with van der Waals surface area (Å²) in [5.74, 6) is 1.72. The van der Waals surface area contributed by atoms with Crippen LogP contribution in [0, 0.1) is 0 Å². The fourth-order valence-corrected chi connectivity index (χ4v) is 3.61. The molecule has 5 heteroatoms. The molecule has 1 aromatic heterocycles. The number of nitrogens with zero attached hydrogens (tertiary/aromatic N) is 2. The Labute approximate surface area is 102 Å². The van der Waals surface area contributed by atoms with E-state index in [0.29, 0.717) is 11.4 Å². The Kier molecular flexibility index (Phi) is 2.44. The standard InChI is InChI=1S/C11H10N2OS2/c14-10-8-3-1-2-4-9(8)13-7(5-15)6-16-11(13)12-10/h1-4,7,15H,5-6H2. The lowest BCUT2D eigenvalue weighted by Gasteiger charge is -2.13. The number of hydrogen-bond donors (Lipinski definition) is 1. The number of aromatic nitrogens is 2. The molecule has 2 heterocycles. The molecule has 1 atom stereocenters. The number of para-hydroxylation sites is 1. The van der Waals surface area contributed by atoms with Crippen LogP contribution >= 0.6 is 24.4 Å². The van der Waals surface area contributed by atoms with Gasteiger partial charge in [-0.3, -0.25) is 4.79 Å². The Morgan fingerprint density at radius 3 is 3.12 bits per heavy atom. The lowest BCUT2D eigenvalue weighted by Crippen LogP contribution is -2.16. The van der Waals surface area contributed by atoms with E-state index in [9.17, 15) is 4.79 Å². The predicted molar refractivity (Wildman–Crippen MR) is 69.6 cm³/mol. The summed E-state index contributed by atoms with van der Waals surface area (Å²) in [6.45, 7) is 0. The normalized spacial score (nSPS) is 18.9. The van der Waals surface area contributed by atoms with Crippen LogP contribution in [0.5, 0.6) is 0 Å². The van der Waals surface area contributed by atoms with Crippen molar-refractivity contribution in [1.29, 1.82) is 0 Å². The first-order valence-electron chi connectivity index (χ1n) is 5.06. The summed E-state index contributed by atoms with van der Waals surface area (Å²) in [6.07, 6.45) is 0. The molecule has 16 heavy (non-hydrogen) atoms. The second-order valence-electron chi connectivity index (χ2n) is 3.73. The van der Waals surface area contributed by atoms with Gasteiger partial charge in [0.25, 0.3) is 5.56 Å². The number of thioether (sulfide) groups is 1. The first-order valence-corrected chi connectivity index (χ1v) is 6.68. The van der Waals surface area contributed by atoms with E-state index in [1.807, 2.05) is 24.3 Å². The Hall–Kier alpha value is -0.940. The number of rotatable bonds is 1. The molecule has 82 valence electrons. The van der Waals surface area contributed by atoms with Crippen molar-refractivity contribution in [3.63, 3.8) is 0 Å². The highest BCUT2D eigenvalue weighted by molar-refractivity contribution is 7.99. The van der Waals surface area contributed by atoms with Crippen LogP contribution in [0.3, 0.4) is 0 Å². The van der Waals surface area contributed by atoms with Crippen LogP contribution in [-0.4, -0.2) is 21.1 Å². The minimum atomic E-state index is -0.130. The monoisotopic (exact) mass is 250 g/mol. The summed E-state index contributed by atoms with van der Waals surface area (Å²) in [5.41, 5.74) is 0.843. The summed E-state index contributed by atoms with van der Waals surface area (Å²) in [7, 11) is 0. The van der Waals surface area contributed by atoms with Crippen molar-refractivity contribution >= 4 is 35.3 Å². The van der Waals surface area contributed by atoms with Crippen LogP contribution < -0.4 is 5.56 Å². The van der Waals surface area contributed by atoms with E-state index in [2.05, 4.69) is 22.2 Å². The fourth-order valence-electron chi connectivity index (χ4n) is 2.00. The SMILES string of the molecule is O=c1nc2n(c3ccccc13)C(CS)CS2. The molecule has 3 rings (SSSR count). The van der Waals surface area contributed by atoms with Gasteiger partial charge in [0, 0.05) is 11.5 Å². The predicted octanol–water partition coefficient (Wildman–Crippen LogP) is 1.97. The van der Waals surface area contributed by atoms with E-state index in [1.54, 1.807) is 11.8 Å². The summed E-state index contributed by atoms with van der Waals surface area (Å²) in [5, 5.41) is 1.52. The van der Waals surface area contributed by atoms with E-state index in [-0.39, 0.29) is 5.56 Å². The van der Waals surface area contributed by atoms with Crippen molar-refractivity contribution in [2.75, 3.05) is 11.5 Å². The summed E-state index contributed by atoms with van der Waals surface area (Å²) >= 11 is 5.98. The van der Waals surface area contributed by atoms with Crippen molar-refractivity contribution < 1.29 is 0 Å². The first-order chi connectivity index (χ1) is 7.81. The van der Waals surface area contributed by atoms with E-state index >= 15 is 0 Å². The van der Waals surface area contributed by atoms with Gasteiger partial charge in [0.1, 0.15) is 0 Å². The third-order valence-electron chi connectivity index (χ3n) is 2.78. The van der Waals surface area contributed by atoms with Gasteiger partial charge in [-0.2, -0.15) is 17.6 Å². The first kappa shape index (κ1) is 10.2. The number of thiol groups is 1. The van der Waals surface area contributed by atoms with Crippen LogP contribution in [0.25, 0.3) is 10.9 Å². The highest BCUT2D eigenvalue weighted by Crippen LogP contribution is 2.34. The van der Waals surface area contributed by atoms with E-state index in [0.717, 1.165) is 22.2 Å².